The molecule has 0 saturated carbocycles. The van der Waals surface area contributed by atoms with Crippen molar-refractivity contribution >= 4 is 22.9 Å². The van der Waals surface area contributed by atoms with Crippen LogP contribution >= 0.6 is 0 Å². The molecule has 0 bridgehead atoms. The van der Waals surface area contributed by atoms with E-state index in [9.17, 15) is 4.79 Å². The summed E-state index contributed by atoms with van der Waals surface area (Å²) in [4.78, 5) is 14.6. The van der Waals surface area contributed by atoms with Gasteiger partial charge >= 0.3 is 5.97 Å². The molecule has 2 N–H and O–H groups in total. The highest BCUT2D eigenvalue weighted by Gasteiger charge is 2.21. The number of methoxy groups -OCH3 is 1. The summed E-state index contributed by atoms with van der Waals surface area (Å²) in [6.45, 7) is 0.954. The topological polar surface area (TPSA) is 54.1 Å². The monoisotopic (exact) mass is 360 g/mol. The zero-order chi connectivity index (χ0) is 18.6. The Morgan fingerprint density at radius 1 is 1.30 bits per heavy atom. The van der Waals surface area contributed by atoms with Crippen LogP contribution in [-0.4, -0.2) is 24.6 Å². The van der Waals surface area contributed by atoms with Crippen molar-refractivity contribution in [2.24, 2.45) is 0 Å². The Balaban J connectivity index is 1.38. The zero-order valence-corrected chi connectivity index (χ0v) is 15.5. The lowest BCUT2D eigenvalue weighted by Crippen LogP contribution is -2.21. The lowest BCUT2D eigenvalue weighted by atomic mass is 10.0. The molecule has 0 radical (unpaired) electrons. The molecular formula is C23H24N2O2. The maximum absolute atomic E-state index is 11.2. The Bertz CT molecular complexity index is 987. The number of aryl methyl sites for hydroxylation is 1. The number of aromatic amines is 1. The van der Waals surface area contributed by atoms with Gasteiger partial charge in [0.2, 0.25) is 0 Å². The van der Waals surface area contributed by atoms with Crippen molar-refractivity contribution in [3.05, 3.63) is 77.0 Å². The van der Waals surface area contributed by atoms with Crippen LogP contribution in [0.5, 0.6) is 0 Å². The number of ether oxygens (including phenoxy) is 1. The maximum atomic E-state index is 11.2. The van der Waals surface area contributed by atoms with Crippen molar-refractivity contribution < 1.29 is 9.53 Å². The molecule has 4 nitrogen and oxygen atoms in total. The number of para-hydroxylation sites is 1. The summed E-state index contributed by atoms with van der Waals surface area (Å²) in [5.74, 6) is -0.327. The number of aromatic nitrogens is 1. The molecule has 1 heterocycles. The molecule has 1 unspecified atom stereocenters. The van der Waals surface area contributed by atoms with Gasteiger partial charge in [-0.25, -0.2) is 4.79 Å². The second kappa shape index (κ2) is 7.80. The van der Waals surface area contributed by atoms with E-state index in [0.29, 0.717) is 6.04 Å². The number of hydrogen-bond acceptors (Lipinski definition) is 3. The number of carbonyl (C=O) groups is 1. The van der Waals surface area contributed by atoms with Crippen molar-refractivity contribution in [1.29, 1.82) is 0 Å². The smallest absolute Gasteiger partial charge is 0.330 e. The summed E-state index contributed by atoms with van der Waals surface area (Å²) >= 11 is 0. The van der Waals surface area contributed by atoms with Crippen LogP contribution < -0.4 is 5.32 Å². The number of rotatable bonds is 6. The van der Waals surface area contributed by atoms with Gasteiger partial charge in [0, 0.05) is 29.2 Å². The van der Waals surface area contributed by atoms with Crippen LogP contribution in [0.2, 0.25) is 0 Å². The molecule has 27 heavy (non-hydrogen) atoms. The second-order valence-corrected chi connectivity index (χ2v) is 6.97. The van der Waals surface area contributed by atoms with Crippen LogP contribution in [0.3, 0.4) is 0 Å². The van der Waals surface area contributed by atoms with Crippen LogP contribution in [0, 0.1) is 0 Å². The fraction of sp³-hybridized carbons (Fsp3) is 0.261. The standard InChI is InChI=1S/C23H24N2O2/c1-27-23(26)11-7-16-6-9-20-17(14-16)8-10-22(20)24-13-12-18-15-25-21-5-3-2-4-19(18)21/h2-7,9,11,14-15,22,24-25H,8,10,12-13H2,1H3. The molecule has 3 aromatic rings. The Labute approximate surface area is 159 Å². The van der Waals surface area contributed by atoms with E-state index in [1.807, 2.05) is 6.08 Å². The zero-order valence-electron chi connectivity index (χ0n) is 15.5. The molecule has 1 aromatic heterocycles. The predicted octanol–water partition coefficient (Wildman–Crippen LogP) is 4.17. The third-order valence-corrected chi connectivity index (χ3v) is 5.32. The van der Waals surface area contributed by atoms with E-state index in [0.717, 1.165) is 31.4 Å². The molecule has 2 aromatic carbocycles. The molecule has 1 aliphatic carbocycles. The predicted molar refractivity (Wildman–Crippen MR) is 109 cm³/mol. The van der Waals surface area contributed by atoms with Gasteiger partial charge in [-0.1, -0.05) is 36.4 Å². The SMILES string of the molecule is COC(=O)C=Cc1ccc2c(c1)CCC2NCCc1c[nH]c2ccccc12. The summed E-state index contributed by atoms with van der Waals surface area (Å²) in [6, 6.07) is 15.3. The number of hydrogen-bond donors (Lipinski definition) is 2. The Hall–Kier alpha value is -2.85. The minimum absolute atomic E-state index is 0.327. The number of H-pyrrole nitrogens is 1. The summed E-state index contributed by atoms with van der Waals surface area (Å²) < 4.78 is 4.65. The van der Waals surface area contributed by atoms with Gasteiger partial charge in [-0.05, 0) is 60.2 Å². The molecule has 0 fully saturated rings. The maximum Gasteiger partial charge on any atom is 0.330 e. The van der Waals surface area contributed by atoms with E-state index in [-0.39, 0.29) is 5.97 Å². The lowest BCUT2D eigenvalue weighted by Gasteiger charge is -2.14. The van der Waals surface area contributed by atoms with Gasteiger partial charge in [0.25, 0.3) is 0 Å². The van der Waals surface area contributed by atoms with E-state index in [1.54, 1.807) is 0 Å². The van der Waals surface area contributed by atoms with Gasteiger partial charge < -0.3 is 15.0 Å². The van der Waals surface area contributed by atoms with E-state index < -0.39 is 0 Å². The first-order chi connectivity index (χ1) is 13.2. The van der Waals surface area contributed by atoms with E-state index in [2.05, 4.69) is 63.7 Å². The quantitative estimate of drug-likeness (QED) is 0.512. The van der Waals surface area contributed by atoms with Gasteiger partial charge in [-0.15, -0.1) is 0 Å². The molecular weight excluding hydrogens is 336 g/mol. The fourth-order valence-corrected chi connectivity index (χ4v) is 3.90. The van der Waals surface area contributed by atoms with E-state index in [4.69, 9.17) is 0 Å². The molecule has 0 amide bonds. The number of nitrogens with one attached hydrogen (secondary N) is 2. The largest absolute Gasteiger partial charge is 0.466 e. The van der Waals surface area contributed by atoms with Crippen LogP contribution in [0.1, 0.15) is 34.7 Å². The highest BCUT2D eigenvalue weighted by molar-refractivity contribution is 5.87. The minimum atomic E-state index is -0.327. The summed E-state index contributed by atoms with van der Waals surface area (Å²) in [6.07, 6.45) is 8.59. The van der Waals surface area contributed by atoms with Crippen molar-refractivity contribution in [2.75, 3.05) is 13.7 Å². The first-order valence-electron chi connectivity index (χ1n) is 9.42. The normalized spacial score (nSPS) is 16.1. The van der Waals surface area contributed by atoms with Crippen LogP contribution in [0.4, 0.5) is 0 Å². The van der Waals surface area contributed by atoms with E-state index >= 15 is 0 Å². The van der Waals surface area contributed by atoms with Crippen molar-refractivity contribution in [2.45, 2.75) is 25.3 Å². The van der Waals surface area contributed by atoms with Crippen LogP contribution in [0.25, 0.3) is 17.0 Å². The number of carbonyl (C=O) groups excluding carboxylic acids is 1. The summed E-state index contributed by atoms with van der Waals surface area (Å²) in [7, 11) is 1.39. The minimum Gasteiger partial charge on any atom is -0.466 e. The third kappa shape index (κ3) is 3.81. The molecule has 1 aliphatic rings. The van der Waals surface area contributed by atoms with Gasteiger partial charge in [0.15, 0.2) is 0 Å². The van der Waals surface area contributed by atoms with E-state index in [1.165, 1.54) is 40.8 Å². The number of fused-ring (bicyclic) bond motifs is 2. The molecule has 0 spiro atoms. The van der Waals surface area contributed by atoms with Crippen molar-refractivity contribution in [1.82, 2.24) is 10.3 Å². The van der Waals surface area contributed by atoms with Gasteiger partial charge in [0.1, 0.15) is 0 Å². The Morgan fingerprint density at radius 3 is 3.07 bits per heavy atom. The Morgan fingerprint density at radius 2 is 2.19 bits per heavy atom. The highest BCUT2D eigenvalue weighted by Crippen LogP contribution is 2.32. The first-order valence-corrected chi connectivity index (χ1v) is 9.42. The number of benzene rings is 2. The van der Waals surface area contributed by atoms with Crippen LogP contribution in [0.15, 0.2) is 54.7 Å². The van der Waals surface area contributed by atoms with Crippen molar-refractivity contribution in [3.63, 3.8) is 0 Å². The number of esters is 1. The molecule has 4 rings (SSSR count). The average molecular weight is 360 g/mol. The lowest BCUT2D eigenvalue weighted by molar-refractivity contribution is -0.134. The summed E-state index contributed by atoms with van der Waals surface area (Å²) in [5.41, 5.74) is 6.35. The van der Waals surface area contributed by atoms with Gasteiger partial charge in [-0.2, -0.15) is 0 Å². The Kier molecular flexibility index (Phi) is 5.07. The molecule has 0 saturated heterocycles. The van der Waals surface area contributed by atoms with Gasteiger partial charge in [0.05, 0.1) is 7.11 Å². The second-order valence-electron chi connectivity index (χ2n) is 6.97. The highest BCUT2D eigenvalue weighted by atomic mass is 16.5. The average Bonchev–Trinajstić information content (AvgIpc) is 3.30. The molecule has 0 aliphatic heterocycles. The molecule has 4 heteroatoms. The van der Waals surface area contributed by atoms with Crippen molar-refractivity contribution in [3.8, 4) is 0 Å². The molecule has 138 valence electrons. The third-order valence-electron chi connectivity index (χ3n) is 5.32. The fourth-order valence-electron chi connectivity index (χ4n) is 3.90. The first kappa shape index (κ1) is 17.6. The van der Waals surface area contributed by atoms with Gasteiger partial charge in [-0.3, -0.25) is 0 Å². The summed E-state index contributed by atoms with van der Waals surface area (Å²) in [5, 5.41) is 5.03. The molecule has 1 atom stereocenters. The van der Waals surface area contributed by atoms with Crippen LogP contribution in [-0.2, 0) is 22.4 Å².